The smallest absolute Gasteiger partial charge is 0.261 e. The fraction of sp³-hybridized carbons (Fsp3) is 0.200. The van der Waals surface area contributed by atoms with Crippen molar-refractivity contribution in [1.82, 2.24) is 0 Å². The molecule has 0 spiro atoms. The van der Waals surface area contributed by atoms with Crippen molar-refractivity contribution in [2.24, 2.45) is 5.92 Å². The average molecular weight is 451 g/mol. The molecule has 1 aliphatic heterocycles. The Balaban J connectivity index is 1.49. The van der Waals surface area contributed by atoms with Crippen LogP contribution >= 0.6 is 11.6 Å². The minimum absolute atomic E-state index is 0.189. The highest BCUT2D eigenvalue weighted by atomic mass is 35.5. The number of nitrogens with one attached hydrogen (secondary N) is 2. The average Bonchev–Trinajstić information content (AvgIpc) is 3.26. The third kappa shape index (κ3) is 3.73. The van der Waals surface area contributed by atoms with E-state index in [1.54, 1.807) is 24.3 Å². The van der Waals surface area contributed by atoms with Crippen LogP contribution in [-0.4, -0.2) is 8.42 Å². The molecule has 31 heavy (non-hydrogen) atoms. The van der Waals surface area contributed by atoms with Crippen molar-refractivity contribution >= 4 is 33.0 Å². The van der Waals surface area contributed by atoms with Crippen LogP contribution in [0.25, 0.3) is 0 Å². The van der Waals surface area contributed by atoms with E-state index in [9.17, 15) is 8.42 Å². The number of hydrogen-bond donors (Lipinski definition) is 2. The first kappa shape index (κ1) is 20.2. The number of anilines is 2. The van der Waals surface area contributed by atoms with Gasteiger partial charge in [0.15, 0.2) is 0 Å². The summed E-state index contributed by atoms with van der Waals surface area (Å²) in [6.45, 7) is 1.83. The largest absolute Gasteiger partial charge is 0.378 e. The highest BCUT2D eigenvalue weighted by Gasteiger charge is 2.38. The van der Waals surface area contributed by atoms with Gasteiger partial charge in [0, 0.05) is 16.6 Å². The summed E-state index contributed by atoms with van der Waals surface area (Å²) in [4.78, 5) is 0.264. The first-order chi connectivity index (χ1) is 14.9. The van der Waals surface area contributed by atoms with Gasteiger partial charge in [-0.2, -0.15) is 0 Å². The van der Waals surface area contributed by atoms with Gasteiger partial charge in [-0.05, 0) is 72.4 Å². The van der Waals surface area contributed by atoms with Crippen LogP contribution in [0.15, 0.2) is 83.8 Å². The van der Waals surface area contributed by atoms with E-state index in [1.165, 1.54) is 5.56 Å². The summed E-state index contributed by atoms with van der Waals surface area (Å²) in [6.07, 6.45) is 5.39. The molecule has 3 atom stereocenters. The summed E-state index contributed by atoms with van der Waals surface area (Å²) in [7, 11) is -3.72. The Morgan fingerprint density at radius 2 is 1.84 bits per heavy atom. The first-order valence-corrected chi connectivity index (χ1v) is 12.2. The van der Waals surface area contributed by atoms with Crippen molar-refractivity contribution in [3.63, 3.8) is 0 Å². The Kier molecular flexibility index (Phi) is 5.03. The van der Waals surface area contributed by atoms with Gasteiger partial charge in [0.05, 0.1) is 16.6 Å². The van der Waals surface area contributed by atoms with Crippen LogP contribution in [0.5, 0.6) is 0 Å². The Labute approximate surface area is 188 Å². The van der Waals surface area contributed by atoms with E-state index in [1.807, 2.05) is 25.1 Å². The third-order valence-electron chi connectivity index (χ3n) is 6.24. The lowest BCUT2D eigenvalue weighted by Gasteiger charge is -2.37. The van der Waals surface area contributed by atoms with Crippen molar-refractivity contribution in [3.05, 3.63) is 101 Å². The Hall–Kier alpha value is -2.76. The molecule has 3 aromatic rings. The fourth-order valence-corrected chi connectivity index (χ4v) is 6.07. The molecule has 4 nitrogen and oxygen atoms in total. The predicted octanol–water partition coefficient (Wildman–Crippen LogP) is 6.28. The number of sulfonamides is 1. The molecular weight excluding hydrogens is 428 g/mol. The second kappa shape index (κ2) is 7.74. The predicted molar refractivity (Wildman–Crippen MR) is 126 cm³/mol. The number of aryl methyl sites for hydroxylation is 1. The van der Waals surface area contributed by atoms with Crippen LogP contribution in [-0.2, 0) is 10.0 Å². The minimum Gasteiger partial charge on any atom is -0.378 e. The summed E-state index contributed by atoms with van der Waals surface area (Å²) >= 11 is 6.00. The topological polar surface area (TPSA) is 58.2 Å². The molecule has 0 radical (unpaired) electrons. The quantitative estimate of drug-likeness (QED) is 0.460. The number of allylic oxidation sites excluding steroid dienone is 2. The van der Waals surface area contributed by atoms with Gasteiger partial charge in [0.2, 0.25) is 0 Å². The summed E-state index contributed by atoms with van der Waals surface area (Å²) in [5.74, 6) is 0.549. The van der Waals surface area contributed by atoms with E-state index >= 15 is 0 Å². The SMILES string of the molecule is Cc1cc(Cl)ccc1NS(=O)(=O)c1ccc2c(c1)C1C=CCC1[C@@H](c1ccccc1)N2. The van der Waals surface area contributed by atoms with Gasteiger partial charge in [0.1, 0.15) is 0 Å². The maximum absolute atomic E-state index is 13.1. The molecule has 0 saturated carbocycles. The zero-order valence-corrected chi connectivity index (χ0v) is 18.6. The van der Waals surface area contributed by atoms with E-state index in [0.717, 1.165) is 23.2 Å². The molecule has 6 heteroatoms. The van der Waals surface area contributed by atoms with Crippen LogP contribution in [0.4, 0.5) is 11.4 Å². The monoisotopic (exact) mass is 450 g/mol. The fourth-order valence-electron chi connectivity index (χ4n) is 4.68. The second-order valence-corrected chi connectivity index (χ2v) is 10.3. The van der Waals surface area contributed by atoms with E-state index in [-0.39, 0.29) is 16.9 Å². The van der Waals surface area contributed by atoms with Crippen molar-refractivity contribution in [2.75, 3.05) is 10.0 Å². The number of fused-ring (bicyclic) bond motifs is 3. The van der Waals surface area contributed by atoms with Crippen molar-refractivity contribution in [3.8, 4) is 0 Å². The Morgan fingerprint density at radius 3 is 2.61 bits per heavy atom. The summed E-state index contributed by atoms with van der Waals surface area (Å²) in [5, 5.41) is 4.23. The highest BCUT2D eigenvalue weighted by Crippen LogP contribution is 2.50. The summed E-state index contributed by atoms with van der Waals surface area (Å²) in [6, 6.07) is 21.1. The Morgan fingerprint density at radius 1 is 1.03 bits per heavy atom. The molecule has 3 aromatic carbocycles. The minimum atomic E-state index is -3.72. The molecule has 5 rings (SSSR count). The van der Waals surface area contributed by atoms with Crippen molar-refractivity contribution in [1.29, 1.82) is 0 Å². The highest BCUT2D eigenvalue weighted by molar-refractivity contribution is 7.92. The maximum atomic E-state index is 13.1. The van der Waals surface area contributed by atoms with Gasteiger partial charge in [-0.3, -0.25) is 4.72 Å². The van der Waals surface area contributed by atoms with Crippen LogP contribution in [0.1, 0.15) is 35.1 Å². The normalized spacial score (nSPS) is 21.8. The molecular formula is C25H23ClN2O2S. The number of halogens is 1. The van der Waals surface area contributed by atoms with Gasteiger partial charge in [-0.1, -0.05) is 54.1 Å². The zero-order valence-electron chi connectivity index (χ0n) is 17.0. The summed E-state index contributed by atoms with van der Waals surface area (Å²) < 4.78 is 28.9. The number of benzene rings is 3. The molecule has 2 unspecified atom stereocenters. The molecule has 2 N–H and O–H groups in total. The van der Waals surface area contributed by atoms with Gasteiger partial charge in [0.25, 0.3) is 10.0 Å². The van der Waals surface area contributed by atoms with Gasteiger partial charge < -0.3 is 5.32 Å². The lowest BCUT2D eigenvalue weighted by molar-refractivity contribution is 0.425. The van der Waals surface area contributed by atoms with Crippen LogP contribution in [0, 0.1) is 12.8 Å². The molecule has 0 fully saturated rings. The molecule has 1 heterocycles. The molecule has 158 valence electrons. The number of rotatable bonds is 4. The van der Waals surface area contributed by atoms with Crippen LogP contribution < -0.4 is 10.0 Å². The molecule has 0 aromatic heterocycles. The number of hydrogen-bond acceptors (Lipinski definition) is 3. The molecule has 2 aliphatic rings. The lowest BCUT2D eigenvalue weighted by atomic mass is 9.77. The van der Waals surface area contributed by atoms with Gasteiger partial charge in [-0.25, -0.2) is 8.42 Å². The van der Waals surface area contributed by atoms with E-state index in [4.69, 9.17) is 11.6 Å². The van der Waals surface area contributed by atoms with Crippen molar-refractivity contribution in [2.45, 2.75) is 30.2 Å². The van der Waals surface area contributed by atoms with Gasteiger partial charge in [-0.15, -0.1) is 0 Å². The van der Waals surface area contributed by atoms with Crippen LogP contribution in [0.2, 0.25) is 5.02 Å². The molecule has 0 bridgehead atoms. The van der Waals surface area contributed by atoms with Crippen molar-refractivity contribution < 1.29 is 8.42 Å². The third-order valence-corrected chi connectivity index (χ3v) is 7.83. The zero-order chi connectivity index (χ0) is 21.6. The Bertz CT molecular complexity index is 1270. The van der Waals surface area contributed by atoms with Crippen LogP contribution in [0.3, 0.4) is 0 Å². The van der Waals surface area contributed by atoms with Gasteiger partial charge >= 0.3 is 0 Å². The van der Waals surface area contributed by atoms with E-state index in [0.29, 0.717) is 16.6 Å². The molecule has 0 amide bonds. The standard InChI is InChI=1S/C25H23ClN2O2S/c1-16-14-18(26)10-12-23(16)28-31(29,30)19-11-13-24-22(15-19)20-8-5-9-21(20)25(27-24)17-6-3-2-4-7-17/h2-8,10-15,20-21,25,27-28H,9H2,1H3/t20?,21?,25-/m1/s1. The summed E-state index contributed by atoms with van der Waals surface area (Å²) in [5.41, 5.74) is 4.58. The molecule has 1 aliphatic carbocycles. The first-order valence-electron chi connectivity index (χ1n) is 10.3. The molecule has 0 saturated heterocycles. The van der Waals surface area contributed by atoms with E-state index < -0.39 is 10.0 Å². The van der Waals surface area contributed by atoms with E-state index in [2.05, 4.69) is 46.5 Å². The second-order valence-electron chi connectivity index (χ2n) is 8.20. The lowest BCUT2D eigenvalue weighted by Crippen LogP contribution is -2.29. The maximum Gasteiger partial charge on any atom is 0.261 e.